The fourth-order valence-corrected chi connectivity index (χ4v) is 3.31. The standard InChI is InChI=1S/C15H13F4N5S/c1-2-24(25-13-7-12-22-21-9-23(12)8-20-13)14(15(17,18)19)10-3-5-11(16)6-4-10/h3-9,14H,2H2,1H3. The van der Waals surface area contributed by atoms with Crippen molar-refractivity contribution in [1.29, 1.82) is 0 Å². The molecular formula is C15H13F4N5S. The summed E-state index contributed by atoms with van der Waals surface area (Å²) < 4.78 is 56.7. The normalized spacial score (nSPS) is 13.5. The molecule has 0 aliphatic heterocycles. The molecule has 25 heavy (non-hydrogen) atoms. The molecule has 3 rings (SSSR count). The number of nitrogens with zero attached hydrogens (tertiary/aromatic N) is 5. The number of fused-ring (bicyclic) bond motifs is 1. The molecule has 0 bridgehead atoms. The Balaban J connectivity index is 1.92. The lowest BCUT2D eigenvalue weighted by atomic mass is 10.1. The van der Waals surface area contributed by atoms with Crippen LogP contribution < -0.4 is 0 Å². The Morgan fingerprint density at radius 3 is 2.56 bits per heavy atom. The highest BCUT2D eigenvalue weighted by atomic mass is 32.2. The lowest BCUT2D eigenvalue weighted by Gasteiger charge is -2.31. The molecule has 0 saturated carbocycles. The molecule has 0 aliphatic rings. The third-order valence-corrected chi connectivity index (χ3v) is 4.58. The highest BCUT2D eigenvalue weighted by molar-refractivity contribution is 7.97. The first-order valence-corrected chi connectivity index (χ1v) is 8.08. The molecule has 2 heterocycles. The van der Waals surface area contributed by atoms with E-state index in [2.05, 4.69) is 15.2 Å². The van der Waals surface area contributed by atoms with Gasteiger partial charge in [-0.3, -0.25) is 4.40 Å². The first kappa shape index (κ1) is 17.6. The fraction of sp³-hybridized carbons (Fsp3) is 0.267. The van der Waals surface area contributed by atoms with Gasteiger partial charge in [0.25, 0.3) is 0 Å². The Morgan fingerprint density at radius 2 is 1.92 bits per heavy atom. The molecule has 1 unspecified atom stereocenters. The first-order chi connectivity index (χ1) is 11.9. The van der Waals surface area contributed by atoms with Crippen LogP contribution in [0.25, 0.3) is 5.65 Å². The van der Waals surface area contributed by atoms with E-state index in [4.69, 9.17) is 0 Å². The summed E-state index contributed by atoms with van der Waals surface area (Å²) in [6, 6.07) is 4.00. The SMILES string of the molecule is CCN(Sc1cc2nncn2cn1)C(c1ccc(F)cc1)C(F)(F)F. The summed E-state index contributed by atoms with van der Waals surface area (Å²) in [7, 11) is 0. The van der Waals surface area contributed by atoms with Gasteiger partial charge in [0.2, 0.25) is 0 Å². The van der Waals surface area contributed by atoms with Crippen LogP contribution in [0.4, 0.5) is 17.6 Å². The Hall–Kier alpha value is -2.20. The van der Waals surface area contributed by atoms with E-state index in [9.17, 15) is 17.6 Å². The van der Waals surface area contributed by atoms with Gasteiger partial charge in [0, 0.05) is 12.6 Å². The number of rotatable bonds is 5. The van der Waals surface area contributed by atoms with Crippen LogP contribution in [-0.4, -0.2) is 36.6 Å². The van der Waals surface area contributed by atoms with Crippen molar-refractivity contribution in [2.24, 2.45) is 0 Å². The minimum atomic E-state index is -4.53. The van der Waals surface area contributed by atoms with Crippen molar-refractivity contribution < 1.29 is 17.6 Å². The van der Waals surface area contributed by atoms with Crippen molar-refractivity contribution in [2.45, 2.75) is 24.2 Å². The van der Waals surface area contributed by atoms with Crippen molar-refractivity contribution >= 4 is 17.6 Å². The monoisotopic (exact) mass is 371 g/mol. The van der Waals surface area contributed by atoms with Crippen molar-refractivity contribution in [3.05, 3.63) is 54.4 Å². The van der Waals surface area contributed by atoms with Crippen LogP contribution in [0.5, 0.6) is 0 Å². The second kappa shape index (κ2) is 6.96. The van der Waals surface area contributed by atoms with Crippen LogP contribution >= 0.6 is 11.9 Å². The molecule has 132 valence electrons. The number of hydrogen-bond acceptors (Lipinski definition) is 5. The summed E-state index contributed by atoms with van der Waals surface area (Å²) in [5, 5.41) is 7.92. The van der Waals surface area contributed by atoms with Crippen LogP contribution in [0.1, 0.15) is 18.5 Å². The number of hydrogen-bond donors (Lipinski definition) is 0. The van der Waals surface area contributed by atoms with Crippen LogP contribution in [-0.2, 0) is 0 Å². The Kier molecular flexibility index (Phi) is 4.91. The van der Waals surface area contributed by atoms with Crippen molar-refractivity contribution in [3.63, 3.8) is 0 Å². The van der Waals surface area contributed by atoms with E-state index in [0.29, 0.717) is 10.7 Å². The number of halogens is 4. The lowest BCUT2D eigenvalue weighted by Crippen LogP contribution is -2.34. The molecule has 0 radical (unpaired) electrons. The van der Waals surface area contributed by atoms with Gasteiger partial charge >= 0.3 is 6.18 Å². The van der Waals surface area contributed by atoms with Gasteiger partial charge in [0.05, 0.1) is 0 Å². The second-order valence-corrected chi connectivity index (χ2v) is 6.21. The van der Waals surface area contributed by atoms with E-state index in [1.807, 2.05) is 0 Å². The molecular weight excluding hydrogens is 358 g/mol. The van der Waals surface area contributed by atoms with Gasteiger partial charge in [-0.1, -0.05) is 19.1 Å². The summed E-state index contributed by atoms with van der Waals surface area (Å²) in [5.41, 5.74) is 0.450. The maximum absolute atomic E-state index is 13.7. The molecule has 10 heteroatoms. The van der Waals surface area contributed by atoms with Crippen molar-refractivity contribution in [1.82, 2.24) is 23.9 Å². The largest absolute Gasteiger partial charge is 0.408 e. The predicted octanol–water partition coefficient (Wildman–Crippen LogP) is 3.90. The quantitative estimate of drug-likeness (QED) is 0.387. The van der Waals surface area contributed by atoms with E-state index < -0.39 is 18.0 Å². The van der Waals surface area contributed by atoms with Gasteiger partial charge in [-0.05, 0) is 29.6 Å². The molecule has 0 fully saturated rings. The molecule has 0 saturated heterocycles. The van der Waals surface area contributed by atoms with Gasteiger partial charge in [0.15, 0.2) is 5.65 Å². The zero-order valence-corrected chi connectivity index (χ0v) is 13.8. The van der Waals surface area contributed by atoms with Gasteiger partial charge in [-0.15, -0.1) is 10.2 Å². The topological polar surface area (TPSA) is 46.3 Å². The summed E-state index contributed by atoms with van der Waals surface area (Å²) in [5.74, 6) is -0.584. The van der Waals surface area contributed by atoms with Crippen LogP contribution in [0, 0.1) is 5.82 Å². The molecule has 0 spiro atoms. The Labute approximate surface area is 144 Å². The lowest BCUT2D eigenvalue weighted by molar-refractivity contribution is -0.172. The predicted molar refractivity (Wildman–Crippen MR) is 84.2 cm³/mol. The minimum absolute atomic E-state index is 0.0354. The van der Waals surface area contributed by atoms with Gasteiger partial charge in [-0.2, -0.15) is 13.2 Å². The van der Waals surface area contributed by atoms with E-state index >= 15 is 0 Å². The summed E-state index contributed by atoms with van der Waals surface area (Å²) in [4.78, 5) is 4.12. The number of benzene rings is 1. The summed E-state index contributed by atoms with van der Waals surface area (Å²) in [6.45, 7) is 1.72. The minimum Gasteiger partial charge on any atom is -0.272 e. The van der Waals surface area contributed by atoms with Crippen molar-refractivity contribution in [2.75, 3.05) is 6.54 Å². The molecule has 3 aromatic rings. The van der Waals surface area contributed by atoms with E-state index in [1.54, 1.807) is 17.4 Å². The highest BCUT2D eigenvalue weighted by Crippen LogP contribution is 2.42. The zero-order valence-electron chi connectivity index (χ0n) is 13.0. The molecule has 2 aromatic heterocycles. The molecule has 1 atom stereocenters. The first-order valence-electron chi connectivity index (χ1n) is 7.30. The van der Waals surface area contributed by atoms with E-state index in [0.717, 1.165) is 40.5 Å². The third kappa shape index (κ3) is 3.90. The van der Waals surface area contributed by atoms with Gasteiger partial charge in [-0.25, -0.2) is 13.7 Å². The molecule has 0 amide bonds. The average molecular weight is 371 g/mol. The van der Waals surface area contributed by atoms with Crippen molar-refractivity contribution in [3.8, 4) is 0 Å². The molecule has 5 nitrogen and oxygen atoms in total. The maximum atomic E-state index is 13.7. The fourth-order valence-electron chi connectivity index (χ4n) is 2.34. The molecule has 1 aromatic carbocycles. The smallest absolute Gasteiger partial charge is 0.272 e. The number of aromatic nitrogens is 4. The Morgan fingerprint density at radius 1 is 1.20 bits per heavy atom. The van der Waals surface area contributed by atoms with Crippen LogP contribution in [0.2, 0.25) is 0 Å². The third-order valence-electron chi connectivity index (χ3n) is 3.47. The molecule has 0 N–H and O–H groups in total. The zero-order chi connectivity index (χ0) is 18.0. The maximum Gasteiger partial charge on any atom is 0.408 e. The summed E-state index contributed by atoms with van der Waals surface area (Å²) >= 11 is 0.868. The Bertz CT molecular complexity index is 849. The molecule has 0 aliphatic carbocycles. The highest BCUT2D eigenvalue weighted by Gasteiger charge is 2.45. The second-order valence-electron chi connectivity index (χ2n) is 5.14. The van der Waals surface area contributed by atoms with Crippen LogP contribution in [0.3, 0.4) is 0 Å². The van der Waals surface area contributed by atoms with Gasteiger partial charge < -0.3 is 0 Å². The number of alkyl halides is 3. The van der Waals surface area contributed by atoms with Crippen LogP contribution in [0.15, 0.2) is 48.0 Å². The average Bonchev–Trinajstić information content (AvgIpc) is 3.02. The van der Waals surface area contributed by atoms with E-state index in [-0.39, 0.29) is 12.1 Å². The van der Waals surface area contributed by atoms with E-state index in [1.165, 1.54) is 12.7 Å². The summed E-state index contributed by atoms with van der Waals surface area (Å²) in [6.07, 6.45) is -1.64. The van der Waals surface area contributed by atoms with Gasteiger partial charge in [0.1, 0.15) is 29.5 Å².